The van der Waals surface area contributed by atoms with Crippen LogP contribution in [0, 0.1) is 0 Å². The van der Waals surface area contributed by atoms with Crippen molar-refractivity contribution in [3.8, 4) is 23.0 Å². The summed E-state index contributed by atoms with van der Waals surface area (Å²) >= 11 is 0. The van der Waals surface area contributed by atoms with Gasteiger partial charge in [0.15, 0.2) is 0 Å². The van der Waals surface area contributed by atoms with Crippen molar-refractivity contribution < 1.29 is 59.3 Å². The van der Waals surface area contributed by atoms with Crippen LogP contribution in [0.1, 0.15) is 48.3 Å². The third kappa shape index (κ3) is 18.0. The standard InChI is InChI=1S/2C19H24N2O4.C4H4O4/c2*1-13(9-14-3-6-16(25-2)7-4-14)20-11-19(24)15-5-8-18(23)17(10-15)21-12-22;5-3(6)1-2-4(7)8/h2*3-8,10,12-13,19-20,23-24H,9,11H2,1-2H3,(H,21,22);1-2H,(H,5,6)(H,7,8)/t2*13-,19+;/m00./s1. The number of amides is 2. The van der Waals surface area contributed by atoms with Crippen LogP contribution in [0.3, 0.4) is 0 Å². The molecule has 0 saturated carbocycles. The predicted molar refractivity (Wildman–Crippen MR) is 218 cm³/mol. The Labute approximate surface area is 336 Å². The normalized spacial score (nSPS) is 12.6. The fourth-order valence-electron chi connectivity index (χ4n) is 5.26. The van der Waals surface area contributed by atoms with E-state index in [4.69, 9.17) is 19.7 Å². The van der Waals surface area contributed by atoms with Crippen molar-refractivity contribution in [2.75, 3.05) is 37.9 Å². The van der Waals surface area contributed by atoms with Crippen molar-refractivity contribution in [1.82, 2.24) is 10.6 Å². The molecule has 4 rings (SSSR count). The lowest BCUT2D eigenvalue weighted by atomic mass is 10.1. The van der Waals surface area contributed by atoms with E-state index in [0.717, 1.165) is 24.3 Å². The Kier molecular flexibility index (Phi) is 21.1. The molecule has 0 spiro atoms. The van der Waals surface area contributed by atoms with E-state index in [1.807, 2.05) is 62.4 Å². The minimum Gasteiger partial charge on any atom is -0.506 e. The predicted octanol–water partition coefficient (Wildman–Crippen LogP) is 4.16. The topological polar surface area (TPSA) is 256 Å². The zero-order chi connectivity index (χ0) is 43.0. The van der Waals surface area contributed by atoms with Gasteiger partial charge in [0, 0.05) is 37.3 Å². The third-order valence-corrected chi connectivity index (χ3v) is 8.33. The maximum absolute atomic E-state index is 10.5. The van der Waals surface area contributed by atoms with Gasteiger partial charge in [-0.15, -0.1) is 0 Å². The summed E-state index contributed by atoms with van der Waals surface area (Å²) in [5, 5.41) is 66.9. The first-order chi connectivity index (χ1) is 27.7. The number of anilines is 2. The van der Waals surface area contributed by atoms with E-state index in [-0.39, 0.29) is 35.0 Å². The highest BCUT2D eigenvalue weighted by molar-refractivity contribution is 5.89. The molecule has 0 bridgehead atoms. The van der Waals surface area contributed by atoms with Gasteiger partial charge in [-0.1, -0.05) is 36.4 Å². The second-order valence-corrected chi connectivity index (χ2v) is 12.8. The van der Waals surface area contributed by atoms with Gasteiger partial charge in [-0.3, -0.25) is 9.59 Å². The summed E-state index contributed by atoms with van der Waals surface area (Å²) in [4.78, 5) is 40.2. The molecule has 16 nitrogen and oxygen atoms in total. The van der Waals surface area contributed by atoms with Gasteiger partial charge < -0.3 is 61.4 Å². The van der Waals surface area contributed by atoms with Gasteiger partial charge in [-0.05, 0) is 97.5 Å². The molecule has 0 saturated heterocycles. The van der Waals surface area contributed by atoms with E-state index in [2.05, 4.69) is 21.3 Å². The molecule has 10 N–H and O–H groups in total. The number of carbonyl (C=O) groups is 4. The molecule has 16 heteroatoms. The number of aliphatic carboxylic acids is 2. The Hall–Kier alpha value is -6.46. The number of hydrogen-bond donors (Lipinski definition) is 10. The highest BCUT2D eigenvalue weighted by Gasteiger charge is 2.14. The zero-order valence-electron chi connectivity index (χ0n) is 32.7. The van der Waals surface area contributed by atoms with Crippen LogP contribution in [-0.2, 0) is 32.0 Å². The SMILES string of the molecule is COc1ccc(C[C@H](C)NC[C@@H](O)c2ccc(O)c(NC=O)c2)cc1.COc1ccc(C[C@H](C)NC[C@@H](O)c2ccc(O)c(NC=O)c2)cc1.O=C(O)C=CC(=O)O. The molecule has 312 valence electrons. The van der Waals surface area contributed by atoms with E-state index >= 15 is 0 Å². The number of methoxy groups -OCH3 is 2. The van der Waals surface area contributed by atoms with Gasteiger partial charge in [0.2, 0.25) is 12.8 Å². The van der Waals surface area contributed by atoms with Crippen molar-refractivity contribution in [3.05, 3.63) is 119 Å². The number of aromatic hydroxyl groups is 2. The smallest absolute Gasteiger partial charge is 0.328 e. The summed E-state index contributed by atoms with van der Waals surface area (Å²) in [7, 11) is 3.28. The second-order valence-electron chi connectivity index (χ2n) is 12.8. The number of aliphatic hydroxyl groups excluding tert-OH is 2. The Bertz CT molecular complexity index is 1770. The van der Waals surface area contributed by atoms with E-state index in [1.165, 1.54) is 23.3 Å². The largest absolute Gasteiger partial charge is 0.506 e. The maximum Gasteiger partial charge on any atom is 0.328 e. The average Bonchev–Trinajstić information content (AvgIpc) is 3.21. The molecule has 0 radical (unpaired) electrons. The number of nitrogens with one attached hydrogen (secondary N) is 4. The van der Waals surface area contributed by atoms with Gasteiger partial charge in [0.25, 0.3) is 0 Å². The molecule has 0 unspecified atom stereocenters. The molecule has 4 aromatic carbocycles. The molecule has 58 heavy (non-hydrogen) atoms. The first-order valence-electron chi connectivity index (χ1n) is 18.0. The zero-order valence-corrected chi connectivity index (χ0v) is 32.7. The van der Waals surface area contributed by atoms with Gasteiger partial charge >= 0.3 is 11.9 Å². The van der Waals surface area contributed by atoms with Crippen molar-refractivity contribution >= 4 is 36.1 Å². The van der Waals surface area contributed by atoms with Gasteiger partial charge in [-0.2, -0.15) is 0 Å². The monoisotopic (exact) mass is 804 g/mol. The number of aliphatic hydroxyl groups is 2. The van der Waals surface area contributed by atoms with Crippen LogP contribution in [-0.4, -0.2) is 94.8 Å². The maximum atomic E-state index is 10.5. The van der Waals surface area contributed by atoms with Crippen molar-refractivity contribution in [3.63, 3.8) is 0 Å². The summed E-state index contributed by atoms with van der Waals surface area (Å²) in [6.45, 7) is 4.82. The fraction of sp³-hybridized carbons (Fsp3) is 0.286. The summed E-state index contributed by atoms with van der Waals surface area (Å²) in [5.41, 5.74) is 4.14. The molecular weight excluding hydrogens is 752 g/mol. The summed E-state index contributed by atoms with van der Waals surface area (Å²) in [5.74, 6) is -0.939. The van der Waals surface area contributed by atoms with Gasteiger partial charge in [0.05, 0.1) is 37.8 Å². The number of phenols is 2. The lowest BCUT2D eigenvalue weighted by Crippen LogP contribution is -2.32. The first-order valence-corrected chi connectivity index (χ1v) is 18.0. The number of carboxylic acid groups (broad SMARTS) is 2. The molecule has 4 aromatic rings. The number of ether oxygens (including phenoxy) is 2. The Balaban J connectivity index is 0.000000337. The number of benzene rings is 4. The number of phenolic OH excluding ortho intramolecular Hbond substituents is 2. The summed E-state index contributed by atoms with van der Waals surface area (Å²) < 4.78 is 10.3. The molecule has 0 fully saturated rings. The molecule has 4 atom stereocenters. The van der Waals surface area contributed by atoms with Crippen LogP contribution >= 0.6 is 0 Å². The second kappa shape index (κ2) is 25.6. The van der Waals surface area contributed by atoms with E-state index in [9.17, 15) is 39.6 Å². The minimum atomic E-state index is -1.26. The Morgan fingerprint density at radius 3 is 1.24 bits per heavy atom. The average molecular weight is 805 g/mol. The highest BCUT2D eigenvalue weighted by Crippen LogP contribution is 2.28. The number of carboxylic acids is 2. The highest BCUT2D eigenvalue weighted by atomic mass is 16.5. The lowest BCUT2D eigenvalue weighted by Gasteiger charge is -2.18. The first kappa shape index (κ1) is 47.7. The molecule has 0 heterocycles. The van der Waals surface area contributed by atoms with E-state index < -0.39 is 24.1 Å². The molecular formula is C42H52N4O12. The van der Waals surface area contributed by atoms with Crippen molar-refractivity contribution in [2.24, 2.45) is 0 Å². The van der Waals surface area contributed by atoms with Crippen molar-refractivity contribution in [1.29, 1.82) is 0 Å². The van der Waals surface area contributed by atoms with Crippen LogP contribution in [0.15, 0.2) is 97.1 Å². The van der Waals surface area contributed by atoms with Crippen LogP contribution in [0.2, 0.25) is 0 Å². The van der Waals surface area contributed by atoms with Crippen LogP contribution in [0.5, 0.6) is 23.0 Å². The number of carbonyl (C=O) groups excluding carboxylic acids is 2. The summed E-state index contributed by atoms with van der Waals surface area (Å²) in [6.07, 6.45) is 2.25. The number of hydrogen-bond acceptors (Lipinski definition) is 12. The molecule has 0 aromatic heterocycles. The molecule has 2 amide bonds. The van der Waals surface area contributed by atoms with Gasteiger partial charge in [0.1, 0.15) is 23.0 Å². The molecule has 0 aliphatic carbocycles. The quantitative estimate of drug-likeness (QED) is 0.0342. The Morgan fingerprint density at radius 1 is 0.603 bits per heavy atom. The van der Waals surface area contributed by atoms with Gasteiger partial charge in [-0.25, -0.2) is 9.59 Å². The molecule has 0 aliphatic heterocycles. The van der Waals surface area contributed by atoms with Crippen LogP contribution in [0.4, 0.5) is 11.4 Å². The van der Waals surface area contributed by atoms with Crippen molar-refractivity contribution in [2.45, 2.75) is 51.0 Å². The minimum absolute atomic E-state index is 0.0381. The Morgan fingerprint density at radius 2 is 0.948 bits per heavy atom. The van der Waals surface area contributed by atoms with Crippen LogP contribution < -0.4 is 30.7 Å². The summed E-state index contributed by atoms with van der Waals surface area (Å²) in [6, 6.07) is 25.4. The fourth-order valence-corrected chi connectivity index (χ4v) is 5.26. The number of rotatable bonds is 20. The molecule has 0 aliphatic rings. The third-order valence-electron chi connectivity index (χ3n) is 8.33. The van der Waals surface area contributed by atoms with E-state index in [1.54, 1.807) is 38.5 Å². The van der Waals surface area contributed by atoms with E-state index in [0.29, 0.717) is 49.2 Å². The van der Waals surface area contributed by atoms with Crippen LogP contribution in [0.25, 0.3) is 0 Å². The lowest BCUT2D eigenvalue weighted by molar-refractivity contribution is -0.134.